The van der Waals surface area contributed by atoms with E-state index >= 15 is 0 Å². The van der Waals surface area contributed by atoms with Crippen LogP contribution in [-0.4, -0.2) is 44.2 Å². The first-order chi connectivity index (χ1) is 22.4. The number of nitrogens with zero attached hydrogens (tertiary/aromatic N) is 10. The van der Waals surface area contributed by atoms with Crippen LogP contribution < -0.4 is 0 Å². The molecular formula is C32H26F2I2N10O. The monoisotopic (exact) mass is 858 g/mol. The van der Waals surface area contributed by atoms with Crippen molar-refractivity contribution in [1.29, 1.82) is 10.5 Å². The lowest BCUT2D eigenvalue weighted by atomic mass is 10.1. The van der Waals surface area contributed by atoms with Crippen LogP contribution in [0.3, 0.4) is 0 Å². The topological polar surface area (TPSA) is 139 Å². The molecule has 6 rings (SSSR count). The number of rotatable bonds is 6. The van der Waals surface area contributed by atoms with Crippen LogP contribution in [0.1, 0.15) is 51.7 Å². The van der Waals surface area contributed by atoms with Crippen molar-refractivity contribution in [2.24, 2.45) is 14.1 Å². The van der Waals surface area contributed by atoms with Gasteiger partial charge in [0.15, 0.2) is 11.4 Å². The van der Waals surface area contributed by atoms with Crippen LogP contribution in [0.25, 0.3) is 11.4 Å². The van der Waals surface area contributed by atoms with Gasteiger partial charge in [-0.3, -0.25) is 9.36 Å². The summed E-state index contributed by atoms with van der Waals surface area (Å²) in [5.74, 6) is -0.603. The van der Waals surface area contributed by atoms with Crippen molar-refractivity contribution >= 4 is 45.2 Å². The molecule has 6 aromatic rings. The van der Waals surface area contributed by atoms with Gasteiger partial charge in [-0.2, -0.15) is 30.9 Å². The van der Waals surface area contributed by atoms with E-state index in [0.29, 0.717) is 38.5 Å². The average molecular weight is 858 g/mol. The lowest BCUT2D eigenvalue weighted by Gasteiger charge is -2.14. The highest BCUT2D eigenvalue weighted by molar-refractivity contribution is 14.1. The Morgan fingerprint density at radius 1 is 0.702 bits per heavy atom. The molecule has 0 bridgehead atoms. The lowest BCUT2D eigenvalue weighted by molar-refractivity contribution is 0.201. The zero-order chi connectivity index (χ0) is 34.0. The van der Waals surface area contributed by atoms with Gasteiger partial charge in [0.2, 0.25) is 0 Å². The molecule has 4 heterocycles. The average Bonchev–Trinajstić information content (AvgIpc) is 3.79. The van der Waals surface area contributed by atoms with Crippen LogP contribution >= 0.6 is 45.2 Å². The van der Waals surface area contributed by atoms with E-state index in [0.717, 1.165) is 26.3 Å². The van der Waals surface area contributed by atoms with Gasteiger partial charge < -0.3 is 5.11 Å². The highest BCUT2D eigenvalue weighted by atomic mass is 127. The van der Waals surface area contributed by atoms with Gasteiger partial charge in [-0.05, 0) is 114 Å². The highest BCUT2D eigenvalue weighted by Gasteiger charge is 2.23. The van der Waals surface area contributed by atoms with Crippen molar-refractivity contribution in [3.63, 3.8) is 0 Å². The smallest absolute Gasteiger partial charge is 0.162 e. The fraction of sp³-hybridized carbons (Fsp3) is 0.188. The molecule has 238 valence electrons. The second-order valence-electron chi connectivity index (χ2n) is 10.5. The molecule has 2 aromatic carbocycles. The Hall–Kier alpha value is -4.46. The molecular weight excluding hydrogens is 832 g/mol. The molecule has 1 unspecified atom stereocenters. The second-order valence-corrected chi connectivity index (χ2v) is 12.9. The number of aliphatic hydroxyl groups excluding tert-OH is 1. The van der Waals surface area contributed by atoms with Crippen molar-refractivity contribution in [2.45, 2.75) is 26.4 Å². The third-order valence-corrected chi connectivity index (χ3v) is 8.81. The van der Waals surface area contributed by atoms with Crippen LogP contribution in [0.15, 0.2) is 60.7 Å². The first-order valence-corrected chi connectivity index (χ1v) is 16.1. The Morgan fingerprint density at radius 2 is 1.23 bits per heavy atom. The minimum absolute atomic E-state index is 0.227. The van der Waals surface area contributed by atoms with E-state index in [2.05, 4.69) is 43.0 Å². The van der Waals surface area contributed by atoms with E-state index in [4.69, 9.17) is 10.5 Å². The van der Waals surface area contributed by atoms with Crippen molar-refractivity contribution in [3.05, 3.63) is 125 Å². The largest absolute Gasteiger partial charge is 0.380 e. The van der Waals surface area contributed by atoms with E-state index in [-0.39, 0.29) is 17.3 Å². The number of nitriles is 2. The number of aromatic nitrogens is 8. The predicted molar refractivity (Wildman–Crippen MR) is 185 cm³/mol. The molecule has 0 spiro atoms. The summed E-state index contributed by atoms with van der Waals surface area (Å²) in [6, 6.07) is 20.0. The molecule has 0 aliphatic heterocycles. The Labute approximate surface area is 296 Å². The standard InChI is InChI=1S/C16H13FIN5O.C16H13FIN5/c1-9-5-15(16(24)14-7-11(8-19)21-22(14)2)23(20-9)13-4-3-10(17)6-12(13)18;1-10-5-14(8-13-7-12(9-19)21-22(13)2)23(20-10)16-4-3-11(17)6-15(16)18/h3-7,16,24H,1-2H3;3-7H,8H2,1-2H3. The molecule has 1 N–H and O–H groups in total. The molecule has 0 fully saturated rings. The lowest BCUT2D eigenvalue weighted by Crippen LogP contribution is -2.12. The molecule has 15 heteroatoms. The van der Waals surface area contributed by atoms with Crippen LogP contribution in [0.5, 0.6) is 0 Å². The highest BCUT2D eigenvalue weighted by Crippen LogP contribution is 2.28. The normalized spacial score (nSPS) is 11.5. The fourth-order valence-electron chi connectivity index (χ4n) is 4.96. The summed E-state index contributed by atoms with van der Waals surface area (Å²) >= 11 is 4.13. The number of hydrogen-bond donors (Lipinski definition) is 1. The van der Waals surface area contributed by atoms with E-state index in [1.807, 2.05) is 66.4 Å². The van der Waals surface area contributed by atoms with E-state index < -0.39 is 6.10 Å². The molecule has 11 nitrogen and oxygen atoms in total. The van der Waals surface area contributed by atoms with Gasteiger partial charge in [0, 0.05) is 39.4 Å². The van der Waals surface area contributed by atoms with Gasteiger partial charge in [0.25, 0.3) is 0 Å². The number of aliphatic hydroxyl groups is 1. The Morgan fingerprint density at radius 3 is 1.79 bits per heavy atom. The Kier molecular flexibility index (Phi) is 10.2. The third-order valence-electron chi connectivity index (χ3n) is 7.08. The summed E-state index contributed by atoms with van der Waals surface area (Å²) in [6.45, 7) is 3.73. The SMILES string of the molecule is Cc1cc(C(O)c2cc(C#N)nn2C)n(-c2ccc(F)cc2I)n1.Cc1cc(Cc2cc(C#N)nn2C)n(-c2ccc(F)cc2I)n1. The predicted octanol–water partition coefficient (Wildman–Crippen LogP) is 5.73. The Bertz CT molecular complexity index is 2180. The maximum absolute atomic E-state index is 13.4. The van der Waals surface area contributed by atoms with Gasteiger partial charge in [0.1, 0.15) is 29.9 Å². The molecule has 0 radical (unpaired) electrons. The summed E-state index contributed by atoms with van der Waals surface area (Å²) in [7, 11) is 3.47. The zero-order valence-electron chi connectivity index (χ0n) is 25.5. The molecule has 0 saturated heterocycles. The first-order valence-electron chi connectivity index (χ1n) is 14.0. The number of hydrogen-bond acceptors (Lipinski definition) is 7. The van der Waals surface area contributed by atoms with E-state index in [1.54, 1.807) is 40.7 Å². The van der Waals surface area contributed by atoms with Gasteiger partial charge in [-0.25, -0.2) is 18.1 Å². The molecule has 47 heavy (non-hydrogen) atoms. The van der Waals surface area contributed by atoms with Gasteiger partial charge in [-0.15, -0.1) is 0 Å². The molecule has 0 aliphatic rings. The van der Waals surface area contributed by atoms with Crippen molar-refractivity contribution < 1.29 is 13.9 Å². The second kappa shape index (κ2) is 14.1. The first kappa shape index (κ1) is 33.9. The van der Waals surface area contributed by atoms with Gasteiger partial charge >= 0.3 is 0 Å². The van der Waals surface area contributed by atoms with Gasteiger partial charge in [0.05, 0.1) is 39.8 Å². The molecule has 0 aliphatic carbocycles. The van der Waals surface area contributed by atoms with Crippen LogP contribution in [0, 0.1) is 55.3 Å². The summed E-state index contributed by atoms with van der Waals surface area (Å²) in [6.07, 6.45) is -0.439. The molecule has 0 amide bonds. The molecule has 4 aromatic heterocycles. The van der Waals surface area contributed by atoms with E-state index in [9.17, 15) is 13.9 Å². The number of aryl methyl sites for hydroxylation is 4. The summed E-state index contributed by atoms with van der Waals surface area (Å²) < 4.78 is 34.7. The van der Waals surface area contributed by atoms with Gasteiger partial charge in [-0.1, -0.05) is 0 Å². The van der Waals surface area contributed by atoms with Crippen molar-refractivity contribution in [2.75, 3.05) is 0 Å². The third kappa shape index (κ3) is 7.42. The van der Waals surface area contributed by atoms with E-state index in [1.165, 1.54) is 35.0 Å². The minimum Gasteiger partial charge on any atom is -0.380 e. The molecule has 1 atom stereocenters. The number of benzene rings is 2. The maximum Gasteiger partial charge on any atom is 0.162 e. The fourth-order valence-corrected chi connectivity index (χ4v) is 6.37. The van der Waals surface area contributed by atoms with Crippen molar-refractivity contribution in [3.8, 4) is 23.5 Å². The summed E-state index contributed by atoms with van der Waals surface area (Å²) in [5.41, 5.74) is 6.58. The summed E-state index contributed by atoms with van der Waals surface area (Å²) in [5, 5.41) is 45.8. The number of halogens is 4. The summed E-state index contributed by atoms with van der Waals surface area (Å²) in [4.78, 5) is 0. The van der Waals surface area contributed by atoms with Crippen LogP contribution in [0.4, 0.5) is 8.78 Å². The Balaban J connectivity index is 0.000000185. The maximum atomic E-state index is 13.4. The van der Waals surface area contributed by atoms with Crippen LogP contribution in [0.2, 0.25) is 0 Å². The minimum atomic E-state index is -1.02. The molecule has 0 saturated carbocycles. The quantitative estimate of drug-likeness (QED) is 0.211. The van der Waals surface area contributed by atoms with Crippen molar-refractivity contribution in [1.82, 2.24) is 39.1 Å². The van der Waals surface area contributed by atoms with Crippen LogP contribution in [-0.2, 0) is 20.5 Å². The zero-order valence-corrected chi connectivity index (χ0v) is 29.8.